The molecule has 1 heterocycles. The number of anilines is 1. The number of nitrogens with zero attached hydrogens (tertiary/aromatic N) is 2. The third-order valence-electron chi connectivity index (χ3n) is 7.50. The number of aliphatic hydroxyl groups excluding tert-OH is 1. The van der Waals surface area contributed by atoms with Gasteiger partial charge in [-0.2, -0.15) is 0 Å². The van der Waals surface area contributed by atoms with Crippen LogP contribution in [0.2, 0.25) is 0 Å². The molecule has 42 heavy (non-hydrogen) atoms. The average Bonchev–Trinajstić information content (AvgIpc) is 3.63. The molecule has 1 saturated carbocycles. The molecule has 4 N–H and O–H groups in total. The molecule has 4 rings (SSSR count). The summed E-state index contributed by atoms with van der Waals surface area (Å²) in [6.07, 6.45) is 5.41. The Bertz CT molecular complexity index is 1310. The SMILES string of the molecule is CCc1cccc(CNC[C@@H](O)[C@H](Cc2cc(F)cc(F)c2)NC(=O)CCC(=O)Nc2nnc(CC3CCCC3)s2)c1. The second kappa shape index (κ2) is 15.8. The van der Waals surface area contributed by atoms with Crippen LogP contribution in [0.3, 0.4) is 0 Å². The Morgan fingerprint density at radius 3 is 2.45 bits per heavy atom. The minimum Gasteiger partial charge on any atom is -0.390 e. The highest BCUT2D eigenvalue weighted by Crippen LogP contribution is 2.29. The molecule has 0 aliphatic heterocycles. The van der Waals surface area contributed by atoms with Crippen LogP contribution in [0.15, 0.2) is 42.5 Å². The maximum absolute atomic E-state index is 13.8. The standard InChI is InChI=1S/C31H39F2N5O3S/c1-2-20-8-5-9-22(12-20)18-34-19-27(39)26(15-23-13-24(32)17-25(33)14-23)35-28(40)10-11-29(41)36-31-38-37-30(42-31)16-21-6-3-4-7-21/h5,8-9,12-14,17,21,26-27,34,39H,2-4,6-7,10-11,15-16,18-19H2,1H3,(H,35,40)(H,36,38,41)/t26-,27+/m0/s1. The van der Waals surface area contributed by atoms with Crippen LogP contribution < -0.4 is 16.0 Å². The van der Waals surface area contributed by atoms with E-state index in [-0.39, 0.29) is 31.7 Å². The molecular weight excluding hydrogens is 560 g/mol. The van der Waals surface area contributed by atoms with Crippen molar-refractivity contribution in [1.29, 1.82) is 0 Å². The normalized spacial score (nSPS) is 15.0. The Morgan fingerprint density at radius 1 is 1.00 bits per heavy atom. The van der Waals surface area contributed by atoms with E-state index < -0.39 is 29.7 Å². The zero-order valence-electron chi connectivity index (χ0n) is 23.9. The number of nitrogens with one attached hydrogen (secondary N) is 3. The Morgan fingerprint density at radius 2 is 1.71 bits per heavy atom. The molecule has 2 aromatic carbocycles. The van der Waals surface area contributed by atoms with Gasteiger partial charge < -0.3 is 21.1 Å². The number of rotatable bonds is 15. The van der Waals surface area contributed by atoms with Gasteiger partial charge in [-0.1, -0.05) is 68.2 Å². The first-order chi connectivity index (χ1) is 20.3. The van der Waals surface area contributed by atoms with E-state index in [0.29, 0.717) is 23.2 Å². The van der Waals surface area contributed by atoms with Crippen LogP contribution in [-0.4, -0.2) is 45.8 Å². The highest BCUT2D eigenvalue weighted by molar-refractivity contribution is 7.15. The molecule has 2 amide bonds. The largest absolute Gasteiger partial charge is 0.390 e. The first kappa shape index (κ1) is 31.7. The fourth-order valence-corrected chi connectivity index (χ4v) is 6.14. The number of halogens is 2. The zero-order chi connectivity index (χ0) is 29.9. The van der Waals surface area contributed by atoms with Crippen LogP contribution in [0.25, 0.3) is 0 Å². The van der Waals surface area contributed by atoms with E-state index in [1.54, 1.807) is 0 Å². The van der Waals surface area contributed by atoms with Crippen LogP contribution in [0.1, 0.15) is 67.1 Å². The number of benzene rings is 2. The molecule has 0 bridgehead atoms. The van der Waals surface area contributed by atoms with Crippen molar-refractivity contribution in [1.82, 2.24) is 20.8 Å². The van der Waals surface area contributed by atoms with Crippen molar-refractivity contribution in [3.8, 4) is 0 Å². The van der Waals surface area contributed by atoms with E-state index in [0.717, 1.165) is 29.5 Å². The highest BCUT2D eigenvalue weighted by Gasteiger charge is 2.23. The van der Waals surface area contributed by atoms with Crippen LogP contribution in [0.5, 0.6) is 0 Å². The molecule has 8 nitrogen and oxygen atoms in total. The summed E-state index contributed by atoms with van der Waals surface area (Å²) in [4.78, 5) is 25.3. The van der Waals surface area contributed by atoms with E-state index in [1.807, 2.05) is 18.2 Å². The third kappa shape index (κ3) is 10.2. The zero-order valence-corrected chi connectivity index (χ0v) is 24.7. The summed E-state index contributed by atoms with van der Waals surface area (Å²) in [5.74, 6) is -1.67. The maximum atomic E-state index is 13.8. The topological polar surface area (TPSA) is 116 Å². The summed E-state index contributed by atoms with van der Waals surface area (Å²) in [5.41, 5.74) is 2.56. The molecular formula is C31H39F2N5O3S. The quantitative estimate of drug-likeness (QED) is 0.201. The van der Waals surface area contributed by atoms with Gasteiger partial charge in [0.1, 0.15) is 16.6 Å². The number of hydrogen-bond acceptors (Lipinski definition) is 7. The van der Waals surface area contributed by atoms with Gasteiger partial charge in [-0.3, -0.25) is 9.59 Å². The molecule has 226 valence electrons. The summed E-state index contributed by atoms with van der Waals surface area (Å²) < 4.78 is 27.7. The molecule has 2 atom stereocenters. The lowest BCUT2D eigenvalue weighted by molar-refractivity contribution is -0.125. The first-order valence-electron chi connectivity index (χ1n) is 14.6. The third-order valence-corrected chi connectivity index (χ3v) is 8.36. The van der Waals surface area contributed by atoms with Crippen LogP contribution in [0, 0.1) is 17.6 Å². The lowest BCUT2D eigenvalue weighted by atomic mass is 10.00. The van der Waals surface area contributed by atoms with Gasteiger partial charge in [-0.05, 0) is 47.6 Å². The van der Waals surface area contributed by atoms with Crippen molar-refractivity contribution in [3.05, 3.63) is 75.8 Å². The predicted octanol–water partition coefficient (Wildman–Crippen LogP) is 4.71. The summed E-state index contributed by atoms with van der Waals surface area (Å²) in [5, 5.41) is 29.1. The molecule has 1 aliphatic carbocycles. The average molecular weight is 600 g/mol. The Labute approximate surface area is 249 Å². The molecule has 1 aliphatic rings. The second-order valence-corrected chi connectivity index (χ2v) is 12.0. The van der Waals surface area contributed by atoms with Gasteiger partial charge in [0.25, 0.3) is 0 Å². The van der Waals surface area contributed by atoms with Crippen molar-refractivity contribution in [3.63, 3.8) is 0 Å². The summed E-state index contributed by atoms with van der Waals surface area (Å²) in [7, 11) is 0. The van der Waals surface area contributed by atoms with Gasteiger partial charge in [0, 0.05) is 38.4 Å². The molecule has 11 heteroatoms. The van der Waals surface area contributed by atoms with Crippen LogP contribution in [0.4, 0.5) is 13.9 Å². The summed E-state index contributed by atoms with van der Waals surface area (Å²) >= 11 is 1.35. The number of aryl methyl sites for hydroxylation is 1. The van der Waals surface area contributed by atoms with Crippen molar-refractivity contribution in [2.24, 2.45) is 5.92 Å². The number of amides is 2. The van der Waals surface area contributed by atoms with E-state index in [4.69, 9.17) is 0 Å². The fourth-order valence-electron chi connectivity index (χ4n) is 5.27. The van der Waals surface area contributed by atoms with E-state index in [9.17, 15) is 23.5 Å². The molecule has 0 spiro atoms. The van der Waals surface area contributed by atoms with Gasteiger partial charge >= 0.3 is 0 Å². The van der Waals surface area contributed by atoms with E-state index in [2.05, 4.69) is 39.1 Å². The number of aliphatic hydroxyl groups is 1. The number of hydrogen-bond donors (Lipinski definition) is 4. The Hall–Kier alpha value is -3.28. The minimum absolute atomic E-state index is 0.00926. The molecule has 1 aromatic heterocycles. The van der Waals surface area contributed by atoms with Crippen molar-refractivity contribution >= 4 is 28.3 Å². The van der Waals surface area contributed by atoms with E-state index in [1.165, 1.54) is 54.7 Å². The van der Waals surface area contributed by atoms with Crippen molar-refractivity contribution in [2.75, 3.05) is 11.9 Å². The smallest absolute Gasteiger partial charge is 0.226 e. The van der Waals surface area contributed by atoms with Gasteiger partial charge in [0.2, 0.25) is 16.9 Å². The summed E-state index contributed by atoms with van der Waals surface area (Å²) in [6.45, 7) is 2.72. The van der Waals surface area contributed by atoms with Crippen LogP contribution >= 0.6 is 11.3 Å². The highest BCUT2D eigenvalue weighted by atomic mass is 32.1. The molecule has 3 aromatic rings. The Balaban J connectivity index is 1.29. The minimum atomic E-state index is -1.05. The molecule has 0 unspecified atom stereocenters. The van der Waals surface area contributed by atoms with Gasteiger partial charge in [0.05, 0.1) is 12.1 Å². The lowest BCUT2D eigenvalue weighted by Gasteiger charge is -2.25. The maximum Gasteiger partial charge on any atom is 0.226 e. The van der Waals surface area contributed by atoms with Gasteiger partial charge in [-0.25, -0.2) is 8.78 Å². The van der Waals surface area contributed by atoms with E-state index >= 15 is 0 Å². The van der Waals surface area contributed by atoms with Crippen molar-refractivity contribution in [2.45, 2.75) is 83.4 Å². The van der Waals surface area contributed by atoms with Crippen LogP contribution in [-0.2, 0) is 35.4 Å². The number of carbonyl (C=O) groups excluding carboxylic acids is 2. The molecule has 1 fully saturated rings. The monoisotopic (exact) mass is 599 g/mol. The second-order valence-electron chi connectivity index (χ2n) is 10.9. The molecule has 0 radical (unpaired) electrons. The predicted molar refractivity (Wildman–Crippen MR) is 159 cm³/mol. The first-order valence-corrected chi connectivity index (χ1v) is 15.4. The van der Waals surface area contributed by atoms with Gasteiger partial charge in [0.15, 0.2) is 0 Å². The fraction of sp³-hybridized carbons (Fsp3) is 0.484. The lowest BCUT2D eigenvalue weighted by Crippen LogP contribution is -2.48. The Kier molecular flexibility index (Phi) is 11.9. The molecule has 0 saturated heterocycles. The van der Waals surface area contributed by atoms with Crippen molar-refractivity contribution < 1.29 is 23.5 Å². The number of carbonyl (C=O) groups is 2. The van der Waals surface area contributed by atoms with Gasteiger partial charge in [-0.15, -0.1) is 10.2 Å². The number of aromatic nitrogens is 2. The summed E-state index contributed by atoms with van der Waals surface area (Å²) in [6, 6.07) is 10.4.